The number of nitrogens with two attached hydrogens (primary N) is 2. The lowest BCUT2D eigenvalue weighted by molar-refractivity contribution is 0.0938. The molecular formula is C24H30N6O2S. The number of rotatable bonds is 5. The van der Waals surface area contributed by atoms with Crippen LogP contribution in [-0.2, 0) is 17.6 Å². The van der Waals surface area contributed by atoms with Crippen molar-refractivity contribution in [3.63, 3.8) is 0 Å². The van der Waals surface area contributed by atoms with E-state index in [0.29, 0.717) is 23.1 Å². The monoisotopic (exact) mass is 466 g/mol. The third-order valence-electron chi connectivity index (χ3n) is 6.72. The van der Waals surface area contributed by atoms with Crippen molar-refractivity contribution in [2.24, 2.45) is 11.7 Å². The number of thiophene rings is 1. The van der Waals surface area contributed by atoms with Gasteiger partial charge in [-0.3, -0.25) is 4.79 Å². The second-order valence-corrected chi connectivity index (χ2v) is 10.1. The van der Waals surface area contributed by atoms with E-state index in [4.69, 9.17) is 21.2 Å². The Morgan fingerprint density at radius 3 is 2.94 bits per heavy atom. The largest absolute Gasteiger partial charge is 0.397 e. The maximum Gasteiger partial charge on any atom is 0.263 e. The quantitative estimate of drug-likeness (QED) is 0.528. The van der Waals surface area contributed by atoms with Crippen molar-refractivity contribution in [2.75, 3.05) is 37.4 Å². The molecule has 0 aromatic carbocycles. The zero-order valence-electron chi connectivity index (χ0n) is 19.0. The van der Waals surface area contributed by atoms with Crippen LogP contribution in [0, 0.1) is 12.8 Å². The van der Waals surface area contributed by atoms with Crippen LogP contribution in [0.4, 0.5) is 11.5 Å². The average Bonchev–Trinajstić information content (AvgIpc) is 3.33. The number of ether oxygens (including phenoxy) is 1. The van der Waals surface area contributed by atoms with Crippen LogP contribution in [0.15, 0.2) is 24.3 Å². The molecule has 5 N–H and O–H groups in total. The molecule has 1 saturated heterocycles. The van der Waals surface area contributed by atoms with Gasteiger partial charge in [0.25, 0.3) is 5.91 Å². The Hall–Kier alpha value is -2.75. The normalized spacial score (nSPS) is 22.5. The van der Waals surface area contributed by atoms with Crippen LogP contribution in [0.2, 0.25) is 0 Å². The highest BCUT2D eigenvalue weighted by Gasteiger charge is 2.31. The Balaban J connectivity index is 1.26. The zero-order chi connectivity index (χ0) is 23.1. The molecule has 2 aliphatic rings. The molecule has 1 aliphatic heterocycles. The summed E-state index contributed by atoms with van der Waals surface area (Å²) in [4.78, 5) is 26.0. The molecule has 0 saturated carbocycles. The highest BCUT2D eigenvalue weighted by atomic mass is 32.1. The first-order chi connectivity index (χ1) is 15.9. The predicted molar refractivity (Wildman–Crippen MR) is 132 cm³/mol. The molecule has 33 heavy (non-hydrogen) atoms. The van der Waals surface area contributed by atoms with Gasteiger partial charge in [-0.05, 0) is 49.9 Å². The smallest absolute Gasteiger partial charge is 0.263 e. The number of methoxy groups -OCH3 is 1. The fourth-order valence-corrected chi connectivity index (χ4v) is 5.92. The van der Waals surface area contributed by atoms with E-state index in [-0.39, 0.29) is 18.0 Å². The summed E-state index contributed by atoms with van der Waals surface area (Å²) >= 11 is 1.35. The number of carbonyl (C=O) groups excluding carboxylic acids is 1. The summed E-state index contributed by atoms with van der Waals surface area (Å²) in [6.07, 6.45) is 2.45. The molecular weight excluding hydrogens is 436 g/mol. The minimum absolute atomic E-state index is 0.0586. The van der Waals surface area contributed by atoms with Crippen molar-refractivity contribution in [2.45, 2.75) is 38.3 Å². The first kappa shape index (κ1) is 22.1. The van der Waals surface area contributed by atoms with Gasteiger partial charge in [-0.25, -0.2) is 9.97 Å². The number of hydrogen-bond acceptors (Lipinski definition) is 8. The number of pyridine rings is 2. The maximum atomic E-state index is 13.0. The molecule has 4 heterocycles. The van der Waals surface area contributed by atoms with Gasteiger partial charge < -0.3 is 26.4 Å². The number of anilines is 2. The molecule has 3 atom stereocenters. The van der Waals surface area contributed by atoms with Gasteiger partial charge in [-0.1, -0.05) is 6.07 Å². The molecule has 174 valence electrons. The highest BCUT2D eigenvalue weighted by Crippen LogP contribution is 2.33. The van der Waals surface area contributed by atoms with E-state index in [1.54, 1.807) is 7.11 Å². The van der Waals surface area contributed by atoms with E-state index in [1.165, 1.54) is 16.9 Å². The van der Waals surface area contributed by atoms with Gasteiger partial charge in [0.05, 0.1) is 12.3 Å². The van der Waals surface area contributed by atoms with E-state index in [0.717, 1.165) is 59.8 Å². The summed E-state index contributed by atoms with van der Waals surface area (Å²) in [6.45, 7) is 4.27. The molecule has 3 aromatic rings. The maximum absolute atomic E-state index is 13.0. The summed E-state index contributed by atoms with van der Waals surface area (Å²) in [5.41, 5.74) is 16.3. The third kappa shape index (κ3) is 4.28. The Morgan fingerprint density at radius 1 is 1.27 bits per heavy atom. The lowest BCUT2D eigenvalue weighted by atomic mass is 9.91. The van der Waals surface area contributed by atoms with Gasteiger partial charge in [-0.2, -0.15) is 0 Å². The minimum Gasteiger partial charge on any atom is -0.397 e. The van der Waals surface area contributed by atoms with E-state index in [9.17, 15) is 4.79 Å². The molecule has 8 nitrogen and oxygen atoms in total. The summed E-state index contributed by atoms with van der Waals surface area (Å²) < 4.78 is 5.30. The number of aryl methyl sites for hydroxylation is 2. The van der Waals surface area contributed by atoms with E-state index in [1.807, 2.05) is 19.1 Å². The standard InChI is InChI=1S/C24H30N6O2S/c1-13-3-6-17-21(26)22(33-24(17)27-13)23(31)28-16-5-7-19-14(9-16)4-8-20(29-19)30-10-15(12-32-2)18(25)11-30/h3-4,6,8,15-16,18H,5,7,9-12,25-26H2,1-2H3,(H,28,31)/t15?,16-,18?/m0/s1. The van der Waals surface area contributed by atoms with Crippen LogP contribution in [0.3, 0.4) is 0 Å². The SMILES string of the molecule is COCC1CN(c2ccc3c(n2)CC[C@H](NC(=O)c2sc4nc(C)ccc4c2N)C3)CC1N. The second kappa shape index (κ2) is 8.89. The molecule has 0 bridgehead atoms. The van der Waals surface area contributed by atoms with Gasteiger partial charge >= 0.3 is 0 Å². The van der Waals surface area contributed by atoms with Crippen LogP contribution in [0.1, 0.15) is 33.0 Å². The number of amides is 1. The zero-order valence-corrected chi connectivity index (χ0v) is 19.8. The minimum atomic E-state index is -0.124. The number of nitrogens with one attached hydrogen (secondary N) is 1. The predicted octanol–water partition coefficient (Wildman–Crippen LogP) is 2.28. The fourth-order valence-electron chi connectivity index (χ4n) is 4.88. The Morgan fingerprint density at radius 2 is 2.12 bits per heavy atom. The lowest BCUT2D eigenvalue weighted by Gasteiger charge is -2.26. The number of fused-ring (bicyclic) bond motifs is 2. The van der Waals surface area contributed by atoms with Crippen LogP contribution in [0.5, 0.6) is 0 Å². The number of aromatic nitrogens is 2. The van der Waals surface area contributed by atoms with Gasteiger partial charge in [0, 0.05) is 55.0 Å². The molecule has 5 rings (SSSR count). The average molecular weight is 467 g/mol. The first-order valence-electron chi connectivity index (χ1n) is 11.4. The topological polar surface area (TPSA) is 119 Å². The van der Waals surface area contributed by atoms with Gasteiger partial charge in [0.2, 0.25) is 0 Å². The number of nitrogen functional groups attached to an aromatic ring is 1. The van der Waals surface area contributed by atoms with Crippen molar-refractivity contribution in [3.05, 3.63) is 46.1 Å². The van der Waals surface area contributed by atoms with Crippen molar-refractivity contribution in [1.29, 1.82) is 0 Å². The first-order valence-corrected chi connectivity index (χ1v) is 12.2. The van der Waals surface area contributed by atoms with Crippen LogP contribution in [-0.4, -0.2) is 54.8 Å². The van der Waals surface area contributed by atoms with Gasteiger partial charge in [0.1, 0.15) is 15.5 Å². The van der Waals surface area contributed by atoms with Crippen molar-refractivity contribution in [3.8, 4) is 0 Å². The summed E-state index contributed by atoms with van der Waals surface area (Å²) in [5.74, 6) is 1.18. The lowest BCUT2D eigenvalue weighted by Crippen LogP contribution is -2.39. The molecule has 0 radical (unpaired) electrons. The highest BCUT2D eigenvalue weighted by molar-refractivity contribution is 7.21. The number of nitrogens with zero attached hydrogens (tertiary/aromatic N) is 3. The number of carbonyl (C=O) groups is 1. The molecule has 1 amide bonds. The fraction of sp³-hybridized carbons (Fsp3) is 0.458. The van der Waals surface area contributed by atoms with Crippen molar-refractivity contribution in [1.82, 2.24) is 15.3 Å². The summed E-state index contributed by atoms with van der Waals surface area (Å²) in [6, 6.07) is 8.23. The van der Waals surface area contributed by atoms with E-state index >= 15 is 0 Å². The van der Waals surface area contributed by atoms with Crippen LogP contribution in [0.25, 0.3) is 10.2 Å². The Labute approximate surface area is 197 Å². The van der Waals surface area contributed by atoms with E-state index < -0.39 is 0 Å². The van der Waals surface area contributed by atoms with Crippen LogP contribution < -0.4 is 21.7 Å². The summed E-state index contributed by atoms with van der Waals surface area (Å²) in [5, 5.41) is 4.03. The molecule has 2 unspecified atom stereocenters. The Kier molecular flexibility index (Phi) is 5.94. The molecule has 0 spiro atoms. The molecule has 1 aliphatic carbocycles. The van der Waals surface area contributed by atoms with Crippen LogP contribution >= 0.6 is 11.3 Å². The molecule has 9 heteroatoms. The number of hydrogen-bond donors (Lipinski definition) is 3. The van der Waals surface area contributed by atoms with Crippen molar-refractivity contribution < 1.29 is 9.53 Å². The third-order valence-corrected chi connectivity index (χ3v) is 7.83. The van der Waals surface area contributed by atoms with Gasteiger partial charge in [-0.15, -0.1) is 11.3 Å². The molecule has 1 fully saturated rings. The molecule has 3 aromatic heterocycles. The second-order valence-electron chi connectivity index (χ2n) is 9.12. The van der Waals surface area contributed by atoms with Gasteiger partial charge in [0.15, 0.2) is 0 Å². The van der Waals surface area contributed by atoms with Crippen molar-refractivity contribution >= 4 is 39.0 Å². The Bertz CT molecular complexity index is 1200. The van der Waals surface area contributed by atoms with E-state index in [2.05, 4.69) is 27.3 Å². The summed E-state index contributed by atoms with van der Waals surface area (Å²) in [7, 11) is 1.72.